The molecular weight excluding hydrogens is 368 g/mol. The largest absolute Gasteiger partial charge is 0.267 e. The molecular formula is C18H16N4O2S2. The van der Waals surface area contributed by atoms with Crippen LogP contribution in [0, 0.1) is 0 Å². The molecule has 1 N–H and O–H groups in total. The van der Waals surface area contributed by atoms with Gasteiger partial charge in [0.2, 0.25) is 0 Å². The molecule has 0 saturated carbocycles. The Hall–Kier alpha value is -2.58. The number of sulfonamides is 1. The third kappa shape index (κ3) is 3.38. The highest BCUT2D eigenvalue weighted by Crippen LogP contribution is 2.27. The Balaban J connectivity index is 1.83. The molecule has 4 rings (SSSR count). The highest BCUT2D eigenvalue weighted by atomic mass is 32.2. The summed E-state index contributed by atoms with van der Waals surface area (Å²) in [7, 11) is -3.79. The molecule has 132 valence electrons. The van der Waals surface area contributed by atoms with Gasteiger partial charge in [0, 0.05) is 11.3 Å². The maximum atomic E-state index is 13.0. The van der Waals surface area contributed by atoms with Gasteiger partial charge in [0.1, 0.15) is 10.6 Å². The van der Waals surface area contributed by atoms with E-state index >= 15 is 0 Å². The van der Waals surface area contributed by atoms with Gasteiger partial charge in [-0.25, -0.2) is 13.1 Å². The van der Waals surface area contributed by atoms with Gasteiger partial charge in [0.25, 0.3) is 10.0 Å². The molecule has 26 heavy (non-hydrogen) atoms. The maximum absolute atomic E-state index is 13.0. The van der Waals surface area contributed by atoms with E-state index in [1.807, 2.05) is 60.7 Å². The number of rotatable bonds is 4. The molecule has 6 nitrogen and oxygen atoms in total. The molecule has 1 aliphatic heterocycles. The van der Waals surface area contributed by atoms with E-state index in [-0.39, 0.29) is 4.90 Å². The summed E-state index contributed by atoms with van der Waals surface area (Å²) >= 11 is 1.40. The SMILES string of the molecule is O=S(=O)(NC1=NCCS1)c1cn(-c2ccccc2)nc1-c1ccccc1. The van der Waals surface area contributed by atoms with Crippen LogP contribution in [0.15, 0.2) is 76.7 Å². The Morgan fingerprint density at radius 2 is 1.69 bits per heavy atom. The number of amidine groups is 1. The summed E-state index contributed by atoms with van der Waals surface area (Å²) in [6.07, 6.45) is 1.54. The van der Waals surface area contributed by atoms with E-state index in [0.29, 0.717) is 17.4 Å². The van der Waals surface area contributed by atoms with E-state index in [1.165, 1.54) is 11.8 Å². The Bertz CT molecular complexity index is 1050. The van der Waals surface area contributed by atoms with Crippen LogP contribution in [-0.4, -0.2) is 35.7 Å². The standard InChI is InChI=1S/C18H16N4O2S2/c23-26(24,21-18-19-11-12-25-18)16-13-22(15-9-5-2-6-10-15)20-17(16)14-7-3-1-4-8-14/h1-10,13H,11-12H2,(H,19,21). The van der Waals surface area contributed by atoms with Crippen molar-refractivity contribution in [3.8, 4) is 16.9 Å². The molecule has 3 aromatic rings. The van der Waals surface area contributed by atoms with Crippen LogP contribution in [0.5, 0.6) is 0 Å². The third-order valence-electron chi connectivity index (χ3n) is 3.85. The van der Waals surface area contributed by atoms with E-state index in [4.69, 9.17) is 0 Å². The van der Waals surface area contributed by atoms with E-state index < -0.39 is 10.0 Å². The summed E-state index contributed by atoms with van der Waals surface area (Å²) < 4.78 is 30.1. The Kier molecular flexibility index (Phi) is 4.52. The van der Waals surface area contributed by atoms with Crippen LogP contribution in [0.2, 0.25) is 0 Å². The summed E-state index contributed by atoms with van der Waals surface area (Å²) in [5.41, 5.74) is 1.94. The highest BCUT2D eigenvalue weighted by Gasteiger charge is 2.26. The lowest BCUT2D eigenvalue weighted by Gasteiger charge is -2.06. The van der Waals surface area contributed by atoms with E-state index in [1.54, 1.807) is 10.9 Å². The maximum Gasteiger partial charge on any atom is 0.267 e. The molecule has 0 atom stereocenters. The van der Waals surface area contributed by atoms with Crippen molar-refractivity contribution in [2.45, 2.75) is 4.90 Å². The van der Waals surface area contributed by atoms with Gasteiger partial charge in [-0.3, -0.25) is 9.71 Å². The quantitative estimate of drug-likeness (QED) is 0.750. The fourth-order valence-electron chi connectivity index (χ4n) is 2.63. The summed E-state index contributed by atoms with van der Waals surface area (Å²) in [4.78, 5) is 4.30. The molecule has 0 saturated heterocycles. The van der Waals surface area contributed by atoms with Gasteiger partial charge in [-0.05, 0) is 12.1 Å². The molecule has 0 amide bonds. The van der Waals surface area contributed by atoms with Crippen molar-refractivity contribution in [1.82, 2.24) is 14.5 Å². The van der Waals surface area contributed by atoms with Crippen molar-refractivity contribution in [3.05, 3.63) is 66.9 Å². The summed E-state index contributed by atoms with van der Waals surface area (Å²) in [5.74, 6) is 0.784. The van der Waals surface area contributed by atoms with Crippen molar-refractivity contribution in [2.75, 3.05) is 12.3 Å². The summed E-state index contributed by atoms with van der Waals surface area (Å²) in [6, 6.07) is 18.7. The van der Waals surface area contributed by atoms with Crippen LogP contribution in [0.25, 0.3) is 16.9 Å². The van der Waals surface area contributed by atoms with Crippen molar-refractivity contribution in [3.63, 3.8) is 0 Å². The number of aromatic nitrogens is 2. The molecule has 2 heterocycles. The summed E-state index contributed by atoms with van der Waals surface area (Å²) in [5, 5.41) is 4.97. The highest BCUT2D eigenvalue weighted by molar-refractivity contribution is 8.15. The average Bonchev–Trinajstić information content (AvgIpc) is 3.33. The lowest BCUT2D eigenvalue weighted by molar-refractivity contribution is 0.593. The number of hydrogen-bond donors (Lipinski definition) is 1. The number of aliphatic imine (C=N–C) groups is 1. The van der Waals surface area contributed by atoms with E-state index in [9.17, 15) is 8.42 Å². The molecule has 0 spiro atoms. The van der Waals surface area contributed by atoms with Crippen LogP contribution in [-0.2, 0) is 10.0 Å². The Morgan fingerprint density at radius 1 is 1.00 bits per heavy atom. The number of benzene rings is 2. The van der Waals surface area contributed by atoms with Gasteiger partial charge in [-0.15, -0.1) is 0 Å². The molecule has 8 heteroatoms. The molecule has 0 aliphatic carbocycles. The predicted octanol–water partition coefficient (Wildman–Crippen LogP) is 2.92. The molecule has 1 aromatic heterocycles. The second-order valence-electron chi connectivity index (χ2n) is 5.63. The van der Waals surface area contributed by atoms with Crippen molar-refractivity contribution < 1.29 is 8.42 Å². The van der Waals surface area contributed by atoms with Gasteiger partial charge in [0.05, 0.1) is 18.4 Å². The molecule has 0 radical (unpaired) electrons. The molecule has 0 bridgehead atoms. The second kappa shape index (κ2) is 6.97. The number of nitrogens with one attached hydrogen (secondary N) is 1. The van der Waals surface area contributed by atoms with Gasteiger partial charge < -0.3 is 0 Å². The third-order valence-corrected chi connectivity index (χ3v) is 6.21. The number of nitrogens with zero attached hydrogens (tertiary/aromatic N) is 3. The predicted molar refractivity (Wildman–Crippen MR) is 104 cm³/mol. The lowest BCUT2D eigenvalue weighted by atomic mass is 10.2. The zero-order valence-corrected chi connectivity index (χ0v) is 15.4. The van der Waals surface area contributed by atoms with Crippen LogP contribution < -0.4 is 4.72 Å². The zero-order valence-electron chi connectivity index (χ0n) is 13.7. The topological polar surface area (TPSA) is 76.3 Å². The second-order valence-corrected chi connectivity index (χ2v) is 8.36. The summed E-state index contributed by atoms with van der Waals surface area (Å²) in [6.45, 7) is 0.622. The lowest BCUT2D eigenvalue weighted by Crippen LogP contribution is -2.27. The first kappa shape index (κ1) is 16.9. The monoisotopic (exact) mass is 384 g/mol. The van der Waals surface area contributed by atoms with Crippen molar-refractivity contribution >= 4 is 27.0 Å². The number of hydrogen-bond acceptors (Lipinski definition) is 5. The number of para-hydroxylation sites is 1. The fourth-order valence-corrected chi connectivity index (χ4v) is 4.81. The first-order valence-corrected chi connectivity index (χ1v) is 10.5. The Morgan fingerprint density at radius 3 is 2.35 bits per heavy atom. The van der Waals surface area contributed by atoms with Gasteiger partial charge in [-0.1, -0.05) is 60.3 Å². The van der Waals surface area contributed by atoms with E-state index in [2.05, 4.69) is 14.8 Å². The van der Waals surface area contributed by atoms with Crippen LogP contribution in [0.1, 0.15) is 0 Å². The van der Waals surface area contributed by atoms with Crippen LogP contribution in [0.3, 0.4) is 0 Å². The van der Waals surface area contributed by atoms with Gasteiger partial charge >= 0.3 is 0 Å². The molecule has 0 unspecified atom stereocenters. The van der Waals surface area contributed by atoms with E-state index in [0.717, 1.165) is 17.0 Å². The number of thioether (sulfide) groups is 1. The Labute approximate surface area is 156 Å². The fraction of sp³-hybridized carbons (Fsp3) is 0.111. The molecule has 1 aliphatic rings. The van der Waals surface area contributed by atoms with Crippen molar-refractivity contribution in [2.24, 2.45) is 4.99 Å². The minimum Gasteiger partial charge on any atom is -0.261 e. The first-order chi connectivity index (χ1) is 12.6. The van der Waals surface area contributed by atoms with Gasteiger partial charge in [-0.2, -0.15) is 5.10 Å². The van der Waals surface area contributed by atoms with Gasteiger partial charge in [0.15, 0.2) is 5.17 Å². The first-order valence-electron chi connectivity index (χ1n) is 8.04. The minimum absolute atomic E-state index is 0.128. The zero-order chi connectivity index (χ0) is 18.0. The molecule has 0 fully saturated rings. The molecule has 2 aromatic carbocycles. The minimum atomic E-state index is -3.79. The average molecular weight is 384 g/mol. The van der Waals surface area contributed by atoms with Crippen molar-refractivity contribution in [1.29, 1.82) is 0 Å². The van der Waals surface area contributed by atoms with Crippen LogP contribution in [0.4, 0.5) is 0 Å². The normalized spacial score (nSPS) is 14.2. The smallest absolute Gasteiger partial charge is 0.261 e. The van der Waals surface area contributed by atoms with Crippen LogP contribution >= 0.6 is 11.8 Å².